The largest absolute Gasteiger partial charge is 0.454 e. The van der Waals surface area contributed by atoms with Gasteiger partial charge in [0.15, 0.2) is 17.6 Å². The number of carbonyl (C=O) groups is 2. The van der Waals surface area contributed by atoms with Crippen LogP contribution in [0.5, 0.6) is 11.5 Å². The lowest BCUT2D eigenvalue weighted by atomic mass is 10.1. The number of benzene rings is 2. The summed E-state index contributed by atoms with van der Waals surface area (Å²) >= 11 is 0. The highest BCUT2D eigenvalue weighted by atomic mass is 16.7. The number of anilines is 1. The summed E-state index contributed by atoms with van der Waals surface area (Å²) in [6, 6.07) is 8.65. The fourth-order valence-electron chi connectivity index (χ4n) is 2.51. The second-order valence-electron chi connectivity index (χ2n) is 5.98. The standard InChI is InChI=1S/C18H17N3O7/c1-10(28-18(23)13-4-3-12(21(24)25)7-14(13)19)17(22)20-8-11-2-5-15-16(6-11)27-9-26-15/h2-7,10H,8-9,19H2,1H3,(H,20,22)/t10-/m1/s1. The lowest BCUT2D eigenvalue weighted by Crippen LogP contribution is -2.35. The number of nitro benzene ring substituents is 1. The Kier molecular flexibility index (Phi) is 5.30. The van der Waals surface area contributed by atoms with Gasteiger partial charge in [-0.1, -0.05) is 6.07 Å². The monoisotopic (exact) mass is 387 g/mol. The summed E-state index contributed by atoms with van der Waals surface area (Å²) in [5, 5.41) is 13.4. The van der Waals surface area contributed by atoms with Crippen molar-refractivity contribution in [1.29, 1.82) is 0 Å². The average molecular weight is 387 g/mol. The molecule has 3 N–H and O–H groups in total. The van der Waals surface area contributed by atoms with E-state index in [2.05, 4.69) is 5.32 Å². The number of amides is 1. The third-order valence-electron chi connectivity index (χ3n) is 4.02. The maximum Gasteiger partial charge on any atom is 0.341 e. The van der Waals surface area contributed by atoms with Crippen LogP contribution in [-0.4, -0.2) is 29.7 Å². The number of nitrogens with zero attached hydrogens (tertiary/aromatic N) is 1. The van der Waals surface area contributed by atoms with Gasteiger partial charge in [0.05, 0.1) is 16.2 Å². The molecule has 0 saturated carbocycles. The van der Waals surface area contributed by atoms with Crippen molar-refractivity contribution in [1.82, 2.24) is 5.32 Å². The van der Waals surface area contributed by atoms with Gasteiger partial charge < -0.3 is 25.3 Å². The van der Waals surface area contributed by atoms with Gasteiger partial charge in [0.2, 0.25) is 6.79 Å². The molecule has 28 heavy (non-hydrogen) atoms. The van der Waals surface area contributed by atoms with E-state index < -0.39 is 22.9 Å². The number of non-ortho nitro benzene ring substituents is 1. The summed E-state index contributed by atoms with van der Waals surface area (Å²) in [5.41, 5.74) is 6.05. The summed E-state index contributed by atoms with van der Waals surface area (Å²) < 4.78 is 15.6. The van der Waals surface area contributed by atoms with Crippen LogP contribution < -0.4 is 20.5 Å². The minimum absolute atomic E-state index is 0.0546. The first-order chi connectivity index (χ1) is 13.3. The van der Waals surface area contributed by atoms with Crippen molar-refractivity contribution in [3.8, 4) is 11.5 Å². The number of rotatable bonds is 6. The highest BCUT2D eigenvalue weighted by Gasteiger charge is 2.22. The number of esters is 1. The number of fused-ring (bicyclic) bond motifs is 1. The number of hydrogen-bond acceptors (Lipinski definition) is 8. The lowest BCUT2D eigenvalue weighted by molar-refractivity contribution is -0.384. The van der Waals surface area contributed by atoms with E-state index >= 15 is 0 Å². The Morgan fingerprint density at radius 1 is 1.25 bits per heavy atom. The molecular formula is C18H17N3O7. The topological polar surface area (TPSA) is 143 Å². The Labute approximate surface area is 159 Å². The van der Waals surface area contributed by atoms with E-state index in [9.17, 15) is 19.7 Å². The normalized spacial score (nSPS) is 12.9. The number of nitrogens with two attached hydrogens (primary N) is 1. The maximum absolute atomic E-state index is 12.2. The average Bonchev–Trinajstić information content (AvgIpc) is 3.13. The van der Waals surface area contributed by atoms with Crippen LogP contribution in [0.2, 0.25) is 0 Å². The van der Waals surface area contributed by atoms with Gasteiger partial charge in [0.1, 0.15) is 0 Å². The highest BCUT2D eigenvalue weighted by molar-refractivity contribution is 5.97. The van der Waals surface area contributed by atoms with Crippen LogP contribution >= 0.6 is 0 Å². The van der Waals surface area contributed by atoms with Gasteiger partial charge in [0.25, 0.3) is 11.6 Å². The van der Waals surface area contributed by atoms with Gasteiger partial charge in [-0.15, -0.1) is 0 Å². The second-order valence-corrected chi connectivity index (χ2v) is 5.98. The van der Waals surface area contributed by atoms with Crippen molar-refractivity contribution in [2.75, 3.05) is 12.5 Å². The number of ether oxygens (including phenoxy) is 3. The fraction of sp³-hybridized carbons (Fsp3) is 0.222. The molecule has 10 nitrogen and oxygen atoms in total. The van der Waals surface area contributed by atoms with E-state index in [1.165, 1.54) is 13.0 Å². The molecule has 0 aliphatic carbocycles. The fourth-order valence-corrected chi connectivity index (χ4v) is 2.51. The number of nitrogen functional groups attached to an aromatic ring is 1. The zero-order chi connectivity index (χ0) is 20.3. The third-order valence-corrected chi connectivity index (χ3v) is 4.02. The predicted octanol–water partition coefficient (Wildman–Crippen LogP) is 1.77. The van der Waals surface area contributed by atoms with Crippen LogP contribution in [0.15, 0.2) is 36.4 Å². The van der Waals surface area contributed by atoms with Gasteiger partial charge in [-0.25, -0.2) is 4.79 Å². The first-order valence-electron chi connectivity index (χ1n) is 8.26. The van der Waals surface area contributed by atoms with Crippen molar-refractivity contribution < 1.29 is 28.7 Å². The van der Waals surface area contributed by atoms with E-state index in [-0.39, 0.29) is 30.3 Å². The van der Waals surface area contributed by atoms with Crippen molar-refractivity contribution >= 4 is 23.3 Å². The van der Waals surface area contributed by atoms with Gasteiger partial charge in [-0.2, -0.15) is 0 Å². The molecule has 146 valence electrons. The molecule has 0 bridgehead atoms. The number of carbonyl (C=O) groups excluding carboxylic acids is 2. The molecule has 1 amide bonds. The first kappa shape index (κ1) is 19.0. The van der Waals surface area contributed by atoms with Crippen LogP contribution in [0.3, 0.4) is 0 Å². The van der Waals surface area contributed by atoms with E-state index in [0.717, 1.165) is 17.7 Å². The van der Waals surface area contributed by atoms with Crippen molar-refractivity contribution in [2.24, 2.45) is 0 Å². The van der Waals surface area contributed by atoms with E-state index in [0.29, 0.717) is 11.5 Å². The quantitative estimate of drug-likeness (QED) is 0.330. The maximum atomic E-state index is 12.2. The van der Waals surface area contributed by atoms with Crippen LogP contribution in [0.4, 0.5) is 11.4 Å². The lowest BCUT2D eigenvalue weighted by Gasteiger charge is -2.14. The Hall–Kier alpha value is -3.82. The van der Waals surface area contributed by atoms with Gasteiger partial charge in [-0.05, 0) is 30.7 Å². The molecule has 0 saturated heterocycles. The molecule has 0 radical (unpaired) electrons. The summed E-state index contributed by atoms with van der Waals surface area (Å²) in [4.78, 5) is 34.5. The van der Waals surface area contributed by atoms with Crippen LogP contribution in [0.25, 0.3) is 0 Å². The molecule has 2 aromatic carbocycles. The van der Waals surface area contributed by atoms with Crippen molar-refractivity contribution in [2.45, 2.75) is 19.6 Å². The molecule has 0 unspecified atom stereocenters. The molecule has 1 heterocycles. The summed E-state index contributed by atoms with van der Waals surface area (Å²) in [6.45, 7) is 1.77. The summed E-state index contributed by atoms with van der Waals surface area (Å²) in [7, 11) is 0. The molecular weight excluding hydrogens is 370 g/mol. The third kappa shape index (κ3) is 4.11. The van der Waals surface area contributed by atoms with Gasteiger partial charge in [0, 0.05) is 18.7 Å². The smallest absolute Gasteiger partial charge is 0.341 e. The SMILES string of the molecule is C[C@@H](OC(=O)c1ccc([N+](=O)[O-])cc1N)C(=O)NCc1ccc2c(c1)OCO2. The minimum Gasteiger partial charge on any atom is -0.454 e. The van der Waals surface area contributed by atoms with E-state index in [1.807, 2.05) is 0 Å². The van der Waals surface area contributed by atoms with Gasteiger partial charge in [-0.3, -0.25) is 14.9 Å². The molecule has 1 atom stereocenters. The molecule has 3 rings (SSSR count). The number of nitro groups is 1. The number of nitrogens with one attached hydrogen (secondary N) is 1. The Morgan fingerprint density at radius 2 is 2.00 bits per heavy atom. The van der Waals surface area contributed by atoms with E-state index in [1.54, 1.807) is 18.2 Å². The molecule has 2 aromatic rings. The predicted molar refractivity (Wildman–Crippen MR) is 96.8 cm³/mol. The van der Waals surface area contributed by atoms with Gasteiger partial charge >= 0.3 is 5.97 Å². The molecule has 1 aliphatic rings. The first-order valence-corrected chi connectivity index (χ1v) is 8.26. The zero-order valence-corrected chi connectivity index (χ0v) is 14.8. The van der Waals surface area contributed by atoms with Crippen LogP contribution in [0.1, 0.15) is 22.8 Å². The minimum atomic E-state index is -1.09. The number of hydrogen-bond donors (Lipinski definition) is 2. The molecule has 0 fully saturated rings. The molecule has 1 aliphatic heterocycles. The Balaban J connectivity index is 1.56. The van der Waals surface area contributed by atoms with Crippen LogP contribution in [0, 0.1) is 10.1 Å². The Bertz CT molecular complexity index is 945. The summed E-state index contributed by atoms with van der Waals surface area (Å²) in [6.07, 6.45) is -1.09. The van der Waals surface area contributed by atoms with E-state index in [4.69, 9.17) is 19.9 Å². The van der Waals surface area contributed by atoms with Crippen LogP contribution in [-0.2, 0) is 16.1 Å². The van der Waals surface area contributed by atoms with Crippen molar-refractivity contribution in [3.63, 3.8) is 0 Å². The molecule has 0 spiro atoms. The zero-order valence-electron chi connectivity index (χ0n) is 14.8. The summed E-state index contributed by atoms with van der Waals surface area (Å²) in [5.74, 6) is -0.123. The molecule has 0 aromatic heterocycles. The second kappa shape index (κ2) is 7.82. The molecule has 10 heteroatoms. The highest BCUT2D eigenvalue weighted by Crippen LogP contribution is 2.32. The van der Waals surface area contributed by atoms with Crippen molar-refractivity contribution in [3.05, 3.63) is 57.6 Å². The Morgan fingerprint density at radius 3 is 2.71 bits per heavy atom.